The maximum absolute atomic E-state index is 12.9. The van der Waals surface area contributed by atoms with Crippen LogP contribution in [0.2, 0.25) is 0 Å². The number of benzene rings is 1. The first-order valence-corrected chi connectivity index (χ1v) is 8.99. The molecule has 1 aromatic carbocycles. The Kier molecular flexibility index (Phi) is 5.59. The van der Waals surface area contributed by atoms with E-state index in [9.17, 15) is 14.4 Å². The van der Waals surface area contributed by atoms with E-state index in [4.69, 9.17) is 4.42 Å². The van der Waals surface area contributed by atoms with Gasteiger partial charge in [0.25, 0.3) is 5.56 Å². The number of para-hydroxylation sites is 1. The van der Waals surface area contributed by atoms with Crippen LogP contribution in [0.3, 0.4) is 0 Å². The Morgan fingerprint density at radius 2 is 1.89 bits per heavy atom. The number of amides is 1. The maximum Gasteiger partial charge on any atom is 0.331 e. The van der Waals surface area contributed by atoms with E-state index in [-0.39, 0.29) is 24.6 Å². The molecule has 0 bridgehead atoms. The van der Waals surface area contributed by atoms with Gasteiger partial charge in [-0.2, -0.15) is 0 Å². The predicted molar refractivity (Wildman–Crippen MR) is 102 cm³/mol. The van der Waals surface area contributed by atoms with Gasteiger partial charge in [-0.25, -0.2) is 4.79 Å². The summed E-state index contributed by atoms with van der Waals surface area (Å²) in [6.45, 7) is 4.47. The van der Waals surface area contributed by atoms with E-state index in [1.807, 2.05) is 13.8 Å². The molecule has 0 fully saturated rings. The Morgan fingerprint density at radius 1 is 1.11 bits per heavy atom. The highest BCUT2D eigenvalue weighted by Crippen LogP contribution is 2.08. The Balaban J connectivity index is 1.94. The second-order valence-corrected chi connectivity index (χ2v) is 6.88. The number of carbonyl (C=O) groups is 1. The van der Waals surface area contributed by atoms with Crippen LogP contribution in [0.25, 0.3) is 10.9 Å². The van der Waals surface area contributed by atoms with Gasteiger partial charge >= 0.3 is 5.69 Å². The SMILES string of the molecule is CC(C)CCn1c(=O)c2ccccc2n(CC(=O)NCc2ccco2)c1=O. The molecular formula is C20H23N3O4. The van der Waals surface area contributed by atoms with Crippen molar-refractivity contribution in [1.82, 2.24) is 14.5 Å². The molecule has 2 aromatic heterocycles. The first kappa shape index (κ1) is 18.7. The smallest absolute Gasteiger partial charge is 0.331 e. The monoisotopic (exact) mass is 369 g/mol. The number of nitrogens with zero attached hydrogens (tertiary/aromatic N) is 2. The topological polar surface area (TPSA) is 86.2 Å². The van der Waals surface area contributed by atoms with Crippen molar-refractivity contribution in [3.05, 3.63) is 69.3 Å². The summed E-state index contributed by atoms with van der Waals surface area (Å²) in [6, 6.07) is 10.4. The van der Waals surface area contributed by atoms with Crippen molar-refractivity contribution in [2.75, 3.05) is 0 Å². The van der Waals surface area contributed by atoms with E-state index < -0.39 is 5.69 Å². The molecule has 3 rings (SSSR count). The van der Waals surface area contributed by atoms with Crippen LogP contribution in [0, 0.1) is 5.92 Å². The second kappa shape index (κ2) is 8.07. The Labute approximate surface area is 156 Å². The number of hydrogen-bond acceptors (Lipinski definition) is 4. The zero-order valence-electron chi connectivity index (χ0n) is 15.5. The molecule has 0 aliphatic heterocycles. The van der Waals surface area contributed by atoms with Crippen LogP contribution in [0.1, 0.15) is 26.0 Å². The van der Waals surface area contributed by atoms with Crippen molar-refractivity contribution in [1.29, 1.82) is 0 Å². The van der Waals surface area contributed by atoms with Gasteiger partial charge in [-0.05, 0) is 36.6 Å². The van der Waals surface area contributed by atoms with Crippen LogP contribution in [0.4, 0.5) is 0 Å². The highest BCUT2D eigenvalue weighted by Gasteiger charge is 2.15. The predicted octanol–water partition coefficient (Wildman–Crippen LogP) is 2.12. The Bertz CT molecular complexity index is 1050. The molecule has 0 aliphatic rings. The number of carbonyl (C=O) groups excluding carboxylic acids is 1. The molecule has 0 unspecified atom stereocenters. The summed E-state index contributed by atoms with van der Waals surface area (Å²) in [5.74, 6) is 0.656. The van der Waals surface area contributed by atoms with Crippen molar-refractivity contribution < 1.29 is 9.21 Å². The van der Waals surface area contributed by atoms with Crippen molar-refractivity contribution in [2.24, 2.45) is 5.92 Å². The largest absolute Gasteiger partial charge is 0.467 e. The molecule has 0 aliphatic carbocycles. The van der Waals surface area contributed by atoms with Gasteiger partial charge in [0, 0.05) is 6.54 Å². The number of nitrogens with one attached hydrogen (secondary N) is 1. The molecule has 3 aromatic rings. The minimum absolute atomic E-state index is 0.165. The summed E-state index contributed by atoms with van der Waals surface area (Å²) in [5, 5.41) is 3.16. The summed E-state index contributed by atoms with van der Waals surface area (Å²) in [7, 11) is 0. The van der Waals surface area contributed by atoms with Crippen LogP contribution < -0.4 is 16.6 Å². The molecule has 7 nitrogen and oxygen atoms in total. The lowest BCUT2D eigenvalue weighted by Gasteiger charge is -2.14. The number of aromatic nitrogens is 2. The lowest BCUT2D eigenvalue weighted by molar-refractivity contribution is -0.121. The van der Waals surface area contributed by atoms with Crippen LogP contribution in [0.15, 0.2) is 56.7 Å². The van der Waals surface area contributed by atoms with Gasteiger partial charge in [-0.1, -0.05) is 26.0 Å². The average molecular weight is 369 g/mol. The van der Waals surface area contributed by atoms with Gasteiger partial charge in [0.1, 0.15) is 12.3 Å². The Morgan fingerprint density at radius 3 is 2.59 bits per heavy atom. The fourth-order valence-corrected chi connectivity index (χ4v) is 2.91. The summed E-state index contributed by atoms with van der Waals surface area (Å²) >= 11 is 0. The minimum Gasteiger partial charge on any atom is -0.467 e. The molecule has 7 heteroatoms. The molecule has 1 amide bonds. The molecule has 0 saturated carbocycles. The summed E-state index contributed by atoms with van der Waals surface area (Å²) in [5.41, 5.74) is -0.322. The standard InChI is InChI=1S/C20H23N3O4/c1-14(2)9-10-22-19(25)16-7-3-4-8-17(16)23(20(22)26)13-18(24)21-12-15-6-5-11-27-15/h3-8,11,14H,9-10,12-13H2,1-2H3,(H,21,24). The molecule has 2 heterocycles. The molecule has 0 spiro atoms. The van der Waals surface area contributed by atoms with E-state index >= 15 is 0 Å². The first-order chi connectivity index (χ1) is 13.0. The zero-order valence-corrected chi connectivity index (χ0v) is 15.5. The molecule has 0 radical (unpaired) electrons. The number of rotatable bonds is 7. The summed E-state index contributed by atoms with van der Waals surface area (Å²) < 4.78 is 7.77. The molecule has 0 saturated heterocycles. The normalized spacial score (nSPS) is 11.2. The van der Waals surface area contributed by atoms with Gasteiger partial charge in [-0.3, -0.25) is 18.7 Å². The fraction of sp³-hybridized carbons (Fsp3) is 0.350. The fourth-order valence-electron chi connectivity index (χ4n) is 2.91. The van der Waals surface area contributed by atoms with Crippen LogP contribution >= 0.6 is 0 Å². The lowest BCUT2D eigenvalue weighted by atomic mass is 10.1. The number of fused-ring (bicyclic) bond motifs is 1. The minimum atomic E-state index is -0.465. The van der Waals surface area contributed by atoms with Crippen molar-refractivity contribution in [3.8, 4) is 0 Å². The molecule has 1 N–H and O–H groups in total. The highest BCUT2D eigenvalue weighted by atomic mass is 16.3. The lowest BCUT2D eigenvalue weighted by Crippen LogP contribution is -2.42. The number of hydrogen-bond donors (Lipinski definition) is 1. The van der Waals surface area contributed by atoms with Crippen molar-refractivity contribution >= 4 is 16.8 Å². The maximum atomic E-state index is 12.9. The van der Waals surface area contributed by atoms with E-state index in [2.05, 4.69) is 5.32 Å². The van der Waals surface area contributed by atoms with Crippen LogP contribution in [-0.2, 0) is 24.4 Å². The van der Waals surface area contributed by atoms with E-state index in [1.54, 1.807) is 36.4 Å². The van der Waals surface area contributed by atoms with E-state index in [0.29, 0.717) is 35.5 Å². The first-order valence-electron chi connectivity index (χ1n) is 8.99. The summed E-state index contributed by atoms with van der Waals surface area (Å²) in [6.07, 6.45) is 2.24. The van der Waals surface area contributed by atoms with Crippen LogP contribution in [-0.4, -0.2) is 15.0 Å². The second-order valence-electron chi connectivity index (χ2n) is 6.88. The summed E-state index contributed by atoms with van der Waals surface area (Å²) in [4.78, 5) is 38.0. The van der Waals surface area contributed by atoms with Gasteiger partial charge < -0.3 is 9.73 Å². The van der Waals surface area contributed by atoms with Gasteiger partial charge in [0.2, 0.25) is 5.91 Å². The third-order valence-electron chi connectivity index (χ3n) is 4.40. The third kappa shape index (κ3) is 4.19. The van der Waals surface area contributed by atoms with Crippen LogP contribution in [0.5, 0.6) is 0 Å². The zero-order chi connectivity index (χ0) is 19.4. The average Bonchev–Trinajstić information content (AvgIpc) is 3.17. The number of furan rings is 1. The van der Waals surface area contributed by atoms with Gasteiger partial charge in [0.15, 0.2) is 0 Å². The highest BCUT2D eigenvalue weighted by molar-refractivity contribution is 5.81. The quantitative estimate of drug-likeness (QED) is 0.691. The molecule has 0 atom stereocenters. The molecule has 27 heavy (non-hydrogen) atoms. The molecule has 142 valence electrons. The van der Waals surface area contributed by atoms with Crippen molar-refractivity contribution in [3.63, 3.8) is 0 Å². The molecular weight excluding hydrogens is 346 g/mol. The Hall–Kier alpha value is -3.09. The van der Waals surface area contributed by atoms with Gasteiger partial charge in [-0.15, -0.1) is 0 Å². The van der Waals surface area contributed by atoms with E-state index in [1.165, 1.54) is 15.4 Å². The van der Waals surface area contributed by atoms with Gasteiger partial charge in [0.05, 0.1) is 23.7 Å². The van der Waals surface area contributed by atoms with Crippen molar-refractivity contribution in [2.45, 2.75) is 39.9 Å². The van der Waals surface area contributed by atoms with E-state index in [0.717, 1.165) is 0 Å². The third-order valence-corrected chi connectivity index (χ3v) is 4.40.